The molecule has 0 aliphatic heterocycles. The Morgan fingerprint density at radius 1 is 1.33 bits per heavy atom. The molecular weight excluding hydrogens is 232 g/mol. The van der Waals surface area contributed by atoms with E-state index in [1.54, 1.807) is 0 Å². The van der Waals surface area contributed by atoms with Gasteiger partial charge in [0.15, 0.2) is 0 Å². The normalized spacial score (nSPS) is 10.1. The molecule has 1 heterocycles. The average Bonchev–Trinajstić information content (AvgIpc) is 2.37. The highest BCUT2D eigenvalue weighted by molar-refractivity contribution is 5.32. The summed E-state index contributed by atoms with van der Waals surface area (Å²) >= 11 is 0. The Balaban J connectivity index is 2.00. The Labute approximate surface area is 104 Å². The van der Waals surface area contributed by atoms with Crippen molar-refractivity contribution in [2.45, 2.75) is 13.5 Å². The van der Waals surface area contributed by atoms with Gasteiger partial charge < -0.3 is 5.32 Å². The van der Waals surface area contributed by atoms with E-state index in [2.05, 4.69) is 21.4 Å². The van der Waals surface area contributed by atoms with Gasteiger partial charge in [0.2, 0.25) is 5.95 Å². The molecule has 1 N–H and O–H groups in total. The Hall–Kier alpha value is -2.50. The van der Waals surface area contributed by atoms with Gasteiger partial charge >= 0.3 is 5.69 Å². The van der Waals surface area contributed by atoms with E-state index < -0.39 is 4.92 Å². The van der Waals surface area contributed by atoms with E-state index >= 15 is 0 Å². The Morgan fingerprint density at radius 2 is 2.06 bits per heavy atom. The van der Waals surface area contributed by atoms with E-state index in [4.69, 9.17) is 0 Å². The minimum atomic E-state index is -0.523. The maximum absolute atomic E-state index is 10.4. The highest BCUT2D eigenvalue weighted by atomic mass is 16.6. The lowest BCUT2D eigenvalue weighted by atomic mass is 10.1. The second kappa shape index (κ2) is 5.22. The molecule has 92 valence electrons. The number of nitro groups is 1. The third-order valence-electron chi connectivity index (χ3n) is 2.38. The van der Waals surface area contributed by atoms with Crippen LogP contribution in [0.1, 0.15) is 11.1 Å². The van der Waals surface area contributed by atoms with Gasteiger partial charge in [-0.3, -0.25) is 10.1 Å². The third-order valence-corrected chi connectivity index (χ3v) is 2.38. The highest BCUT2D eigenvalue weighted by Crippen LogP contribution is 2.10. The lowest BCUT2D eigenvalue weighted by Crippen LogP contribution is -2.04. The van der Waals surface area contributed by atoms with Gasteiger partial charge in [0.05, 0.1) is 4.92 Å². The van der Waals surface area contributed by atoms with Crippen molar-refractivity contribution in [2.75, 3.05) is 5.32 Å². The van der Waals surface area contributed by atoms with Crippen LogP contribution in [0.25, 0.3) is 0 Å². The number of hydrogen-bond donors (Lipinski definition) is 1. The van der Waals surface area contributed by atoms with Crippen molar-refractivity contribution >= 4 is 11.6 Å². The Morgan fingerprint density at radius 3 is 2.67 bits per heavy atom. The summed E-state index contributed by atoms with van der Waals surface area (Å²) in [5, 5.41) is 13.4. The highest BCUT2D eigenvalue weighted by Gasteiger charge is 2.06. The zero-order valence-electron chi connectivity index (χ0n) is 9.83. The molecule has 0 radical (unpaired) electrons. The molecule has 18 heavy (non-hydrogen) atoms. The van der Waals surface area contributed by atoms with Gasteiger partial charge in [0.25, 0.3) is 0 Å². The molecule has 2 aromatic rings. The number of anilines is 1. The number of rotatable bonds is 4. The second-order valence-electron chi connectivity index (χ2n) is 3.86. The molecule has 0 fully saturated rings. The van der Waals surface area contributed by atoms with Crippen molar-refractivity contribution < 1.29 is 4.92 Å². The molecule has 0 bridgehead atoms. The Kier molecular flexibility index (Phi) is 3.47. The fourth-order valence-corrected chi connectivity index (χ4v) is 1.51. The molecule has 0 unspecified atom stereocenters. The van der Waals surface area contributed by atoms with E-state index in [1.165, 1.54) is 18.0 Å². The Bertz CT molecular complexity index is 554. The van der Waals surface area contributed by atoms with Crippen molar-refractivity contribution in [1.82, 2.24) is 9.97 Å². The summed E-state index contributed by atoms with van der Waals surface area (Å²) in [5.74, 6) is 0.377. The van der Waals surface area contributed by atoms with Gasteiger partial charge in [-0.1, -0.05) is 29.8 Å². The van der Waals surface area contributed by atoms with Gasteiger partial charge in [0.1, 0.15) is 12.4 Å². The first kappa shape index (κ1) is 12.0. The summed E-state index contributed by atoms with van der Waals surface area (Å²) in [4.78, 5) is 17.7. The van der Waals surface area contributed by atoms with E-state index in [0.717, 1.165) is 5.56 Å². The van der Waals surface area contributed by atoms with Crippen molar-refractivity contribution in [2.24, 2.45) is 0 Å². The first-order chi connectivity index (χ1) is 8.65. The van der Waals surface area contributed by atoms with E-state index in [9.17, 15) is 10.1 Å². The lowest BCUT2D eigenvalue weighted by molar-refractivity contribution is -0.385. The van der Waals surface area contributed by atoms with Crippen LogP contribution >= 0.6 is 0 Å². The van der Waals surface area contributed by atoms with Gasteiger partial charge in [-0.15, -0.1) is 0 Å². The standard InChI is InChI=1S/C12H12N4O2/c1-9-3-2-4-10(5-9)6-13-12-14-7-11(8-15-12)16(17)18/h2-5,7-8H,6H2,1H3,(H,13,14,15). The van der Waals surface area contributed by atoms with Crippen LogP contribution in [-0.4, -0.2) is 14.9 Å². The molecule has 0 atom stereocenters. The molecule has 0 saturated carbocycles. The molecular formula is C12H12N4O2. The summed E-state index contributed by atoms with van der Waals surface area (Å²) in [5.41, 5.74) is 2.17. The van der Waals surface area contributed by atoms with Crippen molar-refractivity contribution in [3.8, 4) is 0 Å². The summed E-state index contributed by atoms with van der Waals surface area (Å²) < 4.78 is 0. The number of aryl methyl sites for hydroxylation is 1. The molecule has 0 saturated heterocycles. The topological polar surface area (TPSA) is 81.0 Å². The summed E-state index contributed by atoms with van der Waals surface area (Å²) in [7, 11) is 0. The fraction of sp³-hybridized carbons (Fsp3) is 0.167. The van der Waals surface area contributed by atoms with Crippen LogP contribution in [0.4, 0.5) is 11.6 Å². The lowest BCUT2D eigenvalue weighted by Gasteiger charge is -2.04. The summed E-state index contributed by atoms with van der Waals surface area (Å²) in [6.45, 7) is 2.60. The maximum atomic E-state index is 10.4. The molecule has 6 heteroatoms. The molecule has 2 rings (SSSR count). The van der Waals surface area contributed by atoms with Crippen LogP contribution in [-0.2, 0) is 6.54 Å². The van der Waals surface area contributed by atoms with Crippen LogP contribution in [0.2, 0.25) is 0 Å². The van der Waals surface area contributed by atoms with Crippen molar-refractivity contribution in [1.29, 1.82) is 0 Å². The molecule has 0 amide bonds. The first-order valence-electron chi connectivity index (χ1n) is 5.41. The molecule has 0 spiro atoms. The van der Waals surface area contributed by atoms with Crippen LogP contribution < -0.4 is 5.32 Å². The van der Waals surface area contributed by atoms with E-state index in [1.807, 2.05) is 25.1 Å². The van der Waals surface area contributed by atoms with E-state index in [0.29, 0.717) is 12.5 Å². The zero-order chi connectivity index (χ0) is 13.0. The van der Waals surface area contributed by atoms with Crippen LogP contribution in [0.15, 0.2) is 36.7 Å². The SMILES string of the molecule is Cc1cccc(CNc2ncc([N+](=O)[O-])cn2)c1. The number of hydrogen-bond acceptors (Lipinski definition) is 5. The smallest absolute Gasteiger partial charge is 0.305 e. The quantitative estimate of drug-likeness (QED) is 0.659. The third kappa shape index (κ3) is 3.00. The van der Waals surface area contributed by atoms with Crippen molar-refractivity contribution in [3.05, 3.63) is 57.9 Å². The predicted octanol–water partition coefficient (Wildman–Crippen LogP) is 2.31. The van der Waals surface area contributed by atoms with Gasteiger partial charge in [-0.05, 0) is 12.5 Å². The molecule has 6 nitrogen and oxygen atoms in total. The zero-order valence-corrected chi connectivity index (χ0v) is 9.83. The first-order valence-corrected chi connectivity index (χ1v) is 5.41. The van der Waals surface area contributed by atoms with E-state index in [-0.39, 0.29) is 5.69 Å². The molecule has 0 aliphatic rings. The number of aromatic nitrogens is 2. The van der Waals surface area contributed by atoms with Gasteiger partial charge in [-0.2, -0.15) is 0 Å². The maximum Gasteiger partial charge on any atom is 0.305 e. The van der Waals surface area contributed by atoms with Crippen molar-refractivity contribution in [3.63, 3.8) is 0 Å². The van der Waals surface area contributed by atoms with Gasteiger partial charge in [0, 0.05) is 6.54 Å². The molecule has 1 aromatic heterocycles. The average molecular weight is 244 g/mol. The molecule has 0 aliphatic carbocycles. The predicted molar refractivity (Wildman–Crippen MR) is 67.2 cm³/mol. The number of nitrogens with one attached hydrogen (secondary N) is 1. The monoisotopic (exact) mass is 244 g/mol. The summed E-state index contributed by atoms with van der Waals surface area (Å²) in [6, 6.07) is 8.04. The van der Waals surface area contributed by atoms with Crippen LogP contribution in [0.5, 0.6) is 0 Å². The van der Waals surface area contributed by atoms with Gasteiger partial charge in [-0.25, -0.2) is 9.97 Å². The number of nitrogens with zero attached hydrogens (tertiary/aromatic N) is 3. The van der Waals surface area contributed by atoms with Crippen LogP contribution in [0, 0.1) is 17.0 Å². The second-order valence-corrected chi connectivity index (χ2v) is 3.86. The summed E-state index contributed by atoms with van der Waals surface area (Å²) in [6.07, 6.45) is 2.37. The minimum absolute atomic E-state index is 0.115. The number of benzene rings is 1. The minimum Gasteiger partial charge on any atom is -0.350 e. The fourth-order valence-electron chi connectivity index (χ4n) is 1.51. The van der Waals surface area contributed by atoms with Crippen LogP contribution in [0.3, 0.4) is 0 Å². The molecule has 1 aromatic carbocycles. The largest absolute Gasteiger partial charge is 0.350 e.